The van der Waals surface area contributed by atoms with Gasteiger partial charge in [-0.2, -0.15) is 0 Å². The van der Waals surface area contributed by atoms with Crippen molar-refractivity contribution in [2.24, 2.45) is 0 Å². The van der Waals surface area contributed by atoms with Crippen molar-refractivity contribution in [2.75, 3.05) is 13.7 Å². The lowest BCUT2D eigenvalue weighted by Crippen LogP contribution is -2.29. The Kier molecular flexibility index (Phi) is 7.83. The zero-order chi connectivity index (χ0) is 27.6. The number of ketones is 1. The van der Waals surface area contributed by atoms with Crippen LogP contribution in [0.1, 0.15) is 56.0 Å². The molecule has 4 rings (SSSR count). The normalized spacial score (nSPS) is 17.1. The molecule has 0 spiro atoms. The molecule has 0 radical (unpaired) electrons. The lowest BCUT2D eigenvalue weighted by molar-refractivity contribution is -0.140. The van der Waals surface area contributed by atoms with E-state index in [-0.39, 0.29) is 33.9 Å². The second-order valence-electron chi connectivity index (χ2n) is 10.2. The van der Waals surface area contributed by atoms with Crippen molar-refractivity contribution in [3.05, 3.63) is 99.6 Å². The second kappa shape index (κ2) is 10.9. The Morgan fingerprint density at radius 2 is 1.61 bits per heavy atom. The van der Waals surface area contributed by atoms with E-state index >= 15 is 0 Å². The van der Waals surface area contributed by atoms with E-state index in [2.05, 4.69) is 20.8 Å². The van der Waals surface area contributed by atoms with Gasteiger partial charge in [-0.05, 0) is 59.4 Å². The topological polar surface area (TPSA) is 76.1 Å². The number of likely N-dealkylation sites (tertiary alicyclic amines) is 1. The van der Waals surface area contributed by atoms with Gasteiger partial charge in [0.25, 0.3) is 11.7 Å². The number of Topliss-reactive ketones (excluding diaryl/α,β-unsaturated/α-hetero) is 1. The number of halogens is 1. The molecule has 1 amide bonds. The molecule has 3 aromatic rings. The Balaban J connectivity index is 1.86. The number of ether oxygens (including phenoxy) is 2. The van der Waals surface area contributed by atoms with Crippen molar-refractivity contribution in [3.63, 3.8) is 0 Å². The molecule has 1 saturated heterocycles. The maximum Gasteiger partial charge on any atom is 0.295 e. The largest absolute Gasteiger partial charge is 0.507 e. The van der Waals surface area contributed by atoms with Gasteiger partial charge in [0, 0.05) is 12.1 Å². The van der Waals surface area contributed by atoms with Gasteiger partial charge < -0.3 is 19.5 Å². The van der Waals surface area contributed by atoms with Crippen LogP contribution in [-0.4, -0.2) is 35.4 Å². The molecule has 1 heterocycles. The summed E-state index contributed by atoms with van der Waals surface area (Å²) < 4.78 is 10.8. The zero-order valence-electron chi connectivity index (χ0n) is 22.2. The van der Waals surface area contributed by atoms with Gasteiger partial charge in [0.05, 0.1) is 30.4 Å². The number of hydrogen-bond donors (Lipinski definition) is 1. The van der Waals surface area contributed by atoms with Crippen LogP contribution in [0.2, 0.25) is 5.02 Å². The van der Waals surface area contributed by atoms with Gasteiger partial charge in [-0.25, -0.2) is 0 Å². The highest BCUT2D eigenvalue weighted by Gasteiger charge is 2.46. The SMILES string of the molecule is CCOc1ccc(Cl)c(/C(O)=C2\C(=O)C(=O)N(Cc3ccc(OC)cc3)C2c2ccc(C(C)(C)C)cc2)c1. The third-order valence-electron chi connectivity index (χ3n) is 6.65. The van der Waals surface area contributed by atoms with Gasteiger partial charge >= 0.3 is 0 Å². The summed E-state index contributed by atoms with van der Waals surface area (Å²) in [5.74, 6) is -0.605. The number of carbonyl (C=O) groups excluding carboxylic acids is 2. The Labute approximate surface area is 228 Å². The number of aliphatic hydroxyl groups is 1. The summed E-state index contributed by atoms with van der Waals surface area (Å²) >= 11 is 6.44. The van der Waals surface area contributed by atoms with E-state index in [1.54, 1.807) is 37.4 Å². The first-order valence-electron chi connectivity index (χ1n) is 12.5. The molecule has 3 aromatic carbocycles. The zero-order valence-corrected chi connectivity index (χ0v) is 23.0. The molecule has 0 bridgehead atoms. The molecule has 1 aliphatic rings. The number of carbonyl (C=O) groups is 2. The van der Waals surface area contributed by atoms with Gasteiger partial charge in [0.15, 0.2) is 0 Å². The first kappa shape index (κ1) is 27.3. The smallest absolute Gasteiger partial charge is 0.295 e. The molecule has 38 heavy (non-hydrogen) atoms. The van der Waals surface area contributed by atoms with Crippen LogP contribution in [-0.2, 0) is 21.5 Å². The number of benzene rings is 3. The molecule has 0 saturated carbocycles. The van der Waals surface area contributed by atoms with Crippen molar-refractivity contribution >= 4 is 29.1 Å². The predicted molar refractivity (Wildman–Crippen MR) is 149 cm³/mol. The maximum atomic E-state index is 13.4. The summed E-state index contributed by atoms with van der Waals surface area (Å²) in [6.07, 6.45) is 0. The first-order valence-corrected chi connectivity index (χ1v) is 12.9. The van der Waals surface area contributed by atoms with Gasteiger partial charge in [-0.3, -0.25) is 9.59 Å². The maximum absolute atomic E-state index is 13.4. The van der Waals surface area contributed by atoms with E-state index in [4.69, 9.17) is 21.1 Å². The first-order chi connectivity index (χ1) is 18.0. The fourth-order valence-corrected chi connectivity index (χ4v) is 4.78. The Bertz CT molecular complexity index is 1370. The van der Waals surface area contributed by atoms with E-state index in [0.717, 1.165) is 11.1 Å². The van der Waals surface area contributed by atoms with Gasteiger partial charge in [0.1, 0.15) is 17.3 Å². The number of rotatable bonds is 7. The van der Waals surface area contributed by atoms with E-state index in [1.165, 1.54) is 4.90 Å². The van der Waals surface area contributed by atoms with Crippen molar-refractivity contribution < 1.29 is 24.2 Å². The quantitative estimate of drug-likeness (QED) is 0.208. The van der Waals surface area contributed by atoms with Crippen molar-refractivity contribution in [1.29, 1.82) is 0 Å². The monoisotopic (exact) mass is 533 g/mol. The van der Waals surface area contributed by atoms with Crippen LogP contribution >= 0.6 is 11.6 Å². The van der Waals surface area contributed by atoms with Crippen molar-refractivity contribution in [2.45, 2.75) is 45.7 Å². The summed E-state index contributed by atoms with van der Waals surface area (Å²) in [4.78, 5) is 28.3. The van der Waals surface area contributed by atoms with E-state index < -0.39 is 17.7 Å². The molecule has 1 N–H and O–H groups in total. The summed E-state index contributed by atoms with van der Waals surface area (Å²) in [6, 6.07) is 19.2. The van der Waals surface area contributed by atoms with E-state index in [0.29, 0.717) is 23.7 Å². The Hall–Kier alpha value is -3.77. The van der Waals surface area contributed by atoms with Crippen LogP contribution in [0.3, 0.4) is 0 Å². The minimum atomic E-state index is -0.807. The molecule has 198 valence electrons. The van der Waals surface area contributed by atoms with Gasteiger partial charge in [-0.1, -0.05) is 68.8 Å². The van der Waals surface area contributed by atoms with Gasteiger partial charge in [0.2, 0.25) is 0 Å². The third kappa shape index (κ3) is 5.41. The lowest BCUT2D eigenvalue weighted by atomic mass is 9.85. The summed E-state index contributed by atoms with van der Waals surface area (Å²) in [5.41, 5.74) is 2.79. The van der Waals surface area contributed by atoms with E-state index in [9.17, 15) is 14.7 Å². The number of amides is 1. The van der Waals surface area contributed by atoms with Crippen LogP contribution < -0.4 is 9.47 Å². The van der Waals surface area contributed by atoms with Crippen LogP contribution in [0, 0.1) is 0 Å². The predicted octanol–water partition coefficient (Wildman–Crippen LogP) is 6.67. The standard InChI is InChI=1S/C31H32ClNO5/c1-6-38-23-15-16-25(32)24(17-23)28(34)26-27(20-9-11-21(12-10-20)31(2,3)4)33(30(36)29(26)35)18-19-7-13-22(37-5)14-8-19/h7-17,27,34H,6,18H2,1-5H3/b28-26+. The molecule has 1 atom stereocenters. The molecular weight excluding hydrogens is 502 g/mol. The average Bonchev–Trinajstić information content (AvgIpc) is 3.14. The number of nitrogens with zero attached hydrogens (tertiary/aromatic N) is 1. The summed E-state index contributed by atoms with van der Waals surface area (Å²) in [5, 5.41) is 11.7. The van der Waals surface area contributed by atoms with Gasteiger partial charge in [-0.15, -0.1) is 0 Å². The minimum Gasteiger partial charge on any atom is -0.507 e. The van der Waals surface area contributed by atoms with Crippen LogP contribution in [0.4, 0.5) is 0 Å². The van der Waals surface area contributed by atoms with E-state index in [1.807, 2.05) is 43.3 Å². The summed E-state index contributed by atoms with van der Waals surface area (Å²) in [7, 11) is 1.58. The van der Waals surface area contributed by atoms with Crippen LogP contribution in [0.25, 0.3) is 5.76 Å². The Morgan fingerprint density at radius 1 is 0.974 bits per heavy atom. The summed E-state index contributed by atoms with van der Waals surface area (Å²) in [6.45, 7) is 8.79. The molecular formula is C31H32ClNO5. The molecule has 0 aliphatic carbocycles. The fourth-order valence-electron chi connectivity index (χ4n) is 4.57. The lowest BCUT2D eigenvalue weighted by Gasteiger charge is -2.27. The van der Waals surface area contributed by atoms with Crippen LogP contribution in [0.5, 0.6) is 11.5 Å². The minimum absolute atomic E-state index is 0.0115. The molecule has 7 heteroatoms. The number of aliphatic hydroxyl groups excluding tert-OH is 1. The molecule has 1 fully saturated rings. The number of hydrogen-bond acceptors (Lipinski definition) is 5. The highest BCUT2D eigenvalue weighted by molar-refractivity contribution is 6.47. The van der Waals surface area contributed by atoms with Crippen LogP contribution in [0.15, 0.2) is 72.3 Å². The Morgan fingerprint density at radius 3 is 2.18 bits per heavy atom. The highest BCUT2D eigenvalue weighted by atomic mass is 35.5. The molecule has 0 aromatic heterocycles. The second-order valence-corrected chi connectivity index (χ2v) is 10.6. The highest BCUT2D eigenvalue weighted by Crippen LogP contribution is 2.42. The molecule has 1 aliphatic heterocycles. The molecule has 6 nitrogen and oxygen atoms in total. The third-order valence-corrected chi connectivity index (χ3v) is 6.98. The van der Waals surface area contributed by atoms with Crippen molar-refractivity contribution in [3.8, 4) is 11.5 Å². The van der Waals surface area contributed by atoms with Crippen molar-refractivity contribution in [1.82, 2.24) is 4.90 Å². The molecule has 1 unspecified atom stereocenters. The average molecular weight is 534 g/mol. The number of methoxy groups -OCH3 is 1. The fraction of sp³-hybridized carbons (Fsp3) is 0.290.